The molecule has 1 heterocycles. The Morgan fingerprint density at radius 1 is 1.37 bits per heavy atom. The molecule has 104 valence electrons. The first-order valence-corrected chi connectivity index (χ1v) is 7.91. The number of hydrogen-bond acceptors (Lipinski definition) is 3. The third-order valence-corrected chi connectivity index (χ3v) is 4.56. The Morgan fingerprint density at radius 2 is 2.21 bits per heavy atom. The fraction of sp³-hybridized carbons (Fsp3) is 0.625. The van der Waals surface area contributed by atoms with Gasteiger partial charge < -0.3 is 9.84 Å². The van der Waals surface area contributed by atoms with E-state index in [0.29, 0.717) is 25.0 Å². The van der Waals surface area contributed by atoms with Gasteiger partial charge in [0, 0.05) is 11.3 Å². The van der Waals surface area contributed by atoms with Gasteiger partial charge in [0.2, 0.25) is 0 Å². The highest BCUT2D eigenvalue weighted by molar-refractivity contribution is 7.12. The summed E-state index contributed by atoms with van der Waals surface area (Å²) >= 11 is 1.69. The van der Waals surface area contributed by atoms with Crippen molar-refractivity contribution >= 4 is 11.3 Å². The third kappa shape index (κ3) is 4.65. The first-order chi connectivity index (χ1) is 9.29. The molecular weight excluding hydrogens is 256 g/mol. The lowest BCUT2D eigenvalue weighted by Gasteiger charge is -2.28. The van der Waals surface area contributed by atoms with Gasteiger partial charge in [0.05, 0.1) is 24.2 Å². The molecule has 2 unspecified atom stereocenters. The van der Waals surface area contributed by atoms with Crippen molar-refractivity contribution in [3.05, 3.63) is 21.9 Å². The molecule has 2 nitrogen and oxygen atoms in total. The number of aliphatic hydroxyl groups is 1. The van der Waals surface area contributed by atoms with Crippen LogP contribution in [0.1, 0.15) is 48.8 Å². The Balaban J connectivity index is 1.81. The predicted octanol–water partition coefficient (Wildman–Crippen LogP) is 3.58. The Kier molecular flexibility index (Phi) is 5.91. The lowest BCUT2D eigenvalue weighted by atomic mass is 9.88. The van der Waals surface area contributed by atoms with Gasteiger partial charge in [0.1, 0.15) is 0 Å². The second kappa shape index (κ2) is 7.69. The van der Waals surface area contributed by atoms with Crippen LogP contribution in [0.25, 0.3) is 0 Å². The maximum Gasteiger partial charge on any atom is 0.0813 e. The van der Waals surface area contributed by atoms with Gasteiger partial charge in [-0.2, -0.15) is 0 Å². The van der Waals surface area contributed by atoms with E-state index in [-0.39, 0.29) is 6.61 Å². The van der Waals surface area contributed by atoms with Crippen molar-refractivity contribution in [3.8, 4) is 11.8 Å². The van der Waals surface area contributed by atoms with E-state index in [9.17, 15) is 0 Å². The van der Waals surface area contributed by atoms with E-state index in [2.05, 4.69) is 24.8 Å². The van der Waals surface area contributed by atoms with Gasteiger partial charge in [-0.25, -0.2) is 0 Å². The molecular formula is C16H22O2S. The molecule has 0 amide bonds. The minimum atomic E-state index is 0.133. The van der Waals surface area contributed by atoms with Gasteiger partial charge in [0.25, 0.3) is 0 Å². The smallest absolute Gasteiger partial charge is 0.0813 e. The van der Waals surface area contributed by atoms with Crippen molar-refractivity contribution in [2.75, 3.05) is 6.61 Å². The number of rotatable bonds is 4. The summed E-state index contributed by atoms with van der Waals surface area (Å²) < 4.78 is 6.04. The quantitative estimate of drug-likeness (QED) is 0.853. The molecule has 1 N–H and O–H groups in total. The van der Waals surface area contributed by atoms with E-state index in [1.165, 1.54) is 30.6 Å². The minimum Gasteiger partial charge on any atom is -0.395 e. The number of aliphatic hydroxyl groups excluding tert-OH is 1. The van der Waals surface area contributed by atoms with Gasteiger partial charge >= 0.3 is 0 Å². The Labute approximate surface area is 119 Å². The summed E-state index contributed by atoms with van der Waals surface area (Å²) in [5.41, 5.74) is 0. The predicted molar refractivity (Wildman–Crippen MR) is 79.1 cm³/mol. The fourth-order valence-corrected chi connectivity index (χ4v) is 3.25. The molecule has 1 aliphatic carbocycles. The largest absolute Gasteiger partial charge is 0.395 e. The highest BCUT2D eigenvalue weighted by Crippen LogP contribution is 2.27. The molecule has 2 atom stereocenters. The SMILES string of the molecule is CC1CCCCC1OCc1ccc(C#CCCO)s1. The molecule has 0 saturated heterocycles. The second-order valence-electron chi connectivity index (χ2n) is 5.15. The first kappa shape index (κ1) is 14.6. The summed E-state index contributed by atoms with van der Waals surface area (Å²) in [4.78, 5) is 2.30. The molecule has 1 fully saturated rings. The van der Waals surface area contributed by atoms with Gasteiger partial charge in [-0.05, 0) is 30.9 Å². The van der Waals surface area contributed by atoms with Crippen LogP contribution >= 0.6 is 11.3 Å². The van der Waals surface area contributed by atoms with Crippen LogP contribution in [0.5, 0.6) is 0 Å². The van der Waals surface area contributed by atoms with Crippen LogP contribution in [-0.2, 0) is 11.3 Å². The summed E-state index contributed by atoms with van der Waals surface area (Å²) in [6, 6.07) is 4.14. The molecule has 1 aliphatic rings. The maximum atomic E-state index is 8.68. The standard InChI is InChI=1S/C16H22O2S/c1-13-6-2-3-8-16(13)18-12-15-10-9-14(19-15)7-4-5-11-17/h9-10,13,16-17H,2-3,5-6,8,11-12H2,1H3. The van der Waals surface area contributed by atoms with Crippen LogP contribution in [0, 0.1) is 17.8 Å². The van der Waals surface area contributed by atoms with Crippen molar-refractivity contribution in [3.63, 3.8) is 0 Å². The van der Waals surface area contributed by atoms with Gasteiger partial charge in [0.15, 0.2) is 0 Å². The molecule has 2 rings (SSSR count). The maximum absolute atomic E-state index is 8.68. The molecule has 0 bridgehead atoms. The van der Waals surface area contributed by atoms with E-state index in [0.717, 1.165) is 4.88 Å². The number of thiophene rings is 1. The first-order valence-electron chi connectivity index (χ1n) is 7.09. The average molecular weight is 278 g/mol. The van der Waals surface area contributed by atoms with Crippen molar-refractivity contribution in [2.45, 2.75) is 51.7 Å². The van der Waals surface area contributed by atoms with E-state index >= 15 is 0 Å². The van der Waals surface area contributed by atoms with Gasteiger partial charge in [-0.3, -0.25) is 0 Å². The van der Waals surface area contributed by atoms with Gasteiger partial charge in [-0.1, -0.05) is 31.6 Å². The minimum absolute atomic E-state index is 0.133. The summed E-state index contributed by atoms with van der Waals surface area (Å²) in [6.45, 7) is 3.14. The monoisotopic (exact) mass is 278 g/mol. The molecule has 3 heteroatoms. The van der Waals surface area contributed by atoms with Crippen LogP contribution in [0.3, 0.4) is 0 Å². The van der Waals surface area contributed by atoms with Crippen LogP contribution < -0.4 is 0 Å². The highest BCUT2D eigenvalue weighted by atomic mass is 32.1. The molecule has 0 aromatic carbocycles. The second-order valence-corrected chi connectivity index (χ2v) is 6.32. The van der Waals surface area contributed by atoms with Crippen molar-refractivity contribution in [1.82, 2.24) is 0 Å². The van der Waals surface area contributed by atoms with Crippen LogP contribution in [-0.4, -0.2) is 17.8 Å². The van der Waals surface area contributed by atoms with Crippen LogP contribution in [0.15, 0.2) is 12.1 Å². The van der Waals surface area contributed by atoms with Crippen LogP contribution in [0.4, 0.5) is 0 Å². The molecule has 0 spiro atoms. The zero-order valence-electron chi connectivity index (χ0n) is 11.5. The fourth-order valence-electron chi connectivity index (χ4n) is 2.45. The highest BCUT2D eigenvalue weighted by Gasteiger charge is 2.21. The lowest BCUT2D eigenvalue weighted by Crippen LogP contribution is -2.25. The molecule has 19 heavy (non-hydrogen) atoms. The summed E-state index contributed by atoms with van der Waals surface area (Å²) in [5.74, 6) is 6.70. The normalized spacial score (nSPS) is 22.8. The molecule has 1 aromatic heterocycles. The van der Waals surface area contributed by atoms with E-state index < -0.39 is 0 Å². The summed E-state index contributed by atoms with van der Waals surface area (Å²) in [5, 5.41) is 8.68. The Bertz CT molecular complexity index is 441. The molecule has 1 aromatic rings. The topological polar surface area (TPSA) is 29.5 Å². The van der Waals surface area contributed by atoms with Crippen LogP contribution in [0.2, 0.25) is 0 Å². The van der Waals surface area contributed by atoms with Crippen molar-refractivity contribution in [2.24, 2.45) is 5.92 Å². The Morgan fingerprint density at radius 3 is 3.00 bits per heavy atom. The molecule has 0 aliphatic heterocycles. The summed E-state index contributed by atoms with van der Waals surface area (Å²) in [6.07, 6.45) is 6.13. The third-order valence-electron chi connectivity index (χ3n) is 3.58. The van der Waals surface area contributed by atoms with E-state index in [1.54, 1.807) is 11.3 Å². The zero-order chi connectivity index (χ0) is 13.5. The average Bonchev–Trinajstić information content (AvgIpc) is 2.86. The van der Waals surface area contributed by atoms with E-state index in [1.807, 2.05) is 6.07 Å². The van der Waals surface area contributed by atoms with Crippen molar-refractivity contribution < 1.29 is 9.84 Å². The zero-order valence-corrected chi connectivity index (χ0v) is 12.3. The Hall–Kier alpha value is -0.820. The lowest BCUT2D eigenvalue weighted by molar-refractivity contribution is -0.0143. The molecule has 1 saturated carbocycles. The summed E-state index contributed by atoms with van der Waals surface area (Å²) in [7, 11) is 0. The van der Waals surface area contributed by atoms with Gasteiger partial charge in [-0.15, -0.1) is 11.3 Å². The number of hydrogen-bond donors (Lipinski definition) is 1. The van der Waals surface area contributed by atoms with E-state index in [4.69, 9.17) is 9.84 Å². The molecule has 0 radical (unpaired) electrons. The number of ether oxygens (including phenoxy) is 1. The van der Waals surface area contributed by atoms with Crippen molar-refractivity contribution in [1.29, 1.82) is 0 Å².